The minimum absolute atomic E-state index is 0.179. The van der Waals surface area contributed by atoms with E-state index in [-0.39, 0.29) is 13.2 Å². The molecule has 2 fully saturated rings. The zero-order valence-corrected chi connectivity index (χ0v) is 23.1. The van der Waals surface area contributed by atoms with Crippen molar-refractivity contribution in [2.45, 2.75) is 58.7 Å². The van der Waals surface area contributed by atoms with E-state index in [9.17, 15) is 14.4 Å². The Balaban J connectivity index is 1.87. The molecule has 196 valence electrons. The van der Waals surface area contributed by atoms with Gasteiger partial charge in [0.15, 0.2) is 0 Å². The monoisotopic (exact) mass is 574 g/mol. The molecule has 9 nitrogen and oxygen atoms in total. The fraction of sp³-hybridized carbons (Fsp3) is 0.407. The van der Waals surface area contributed by atoms with Crippen LogP contribution in [0.1, 0.15) is 31.9 Å². The number of carbonyl (C=O) groups is 3. The summed E-state index contributed by atoms with van der Waals surface area (Å²) in [5, 5.41) is 0. The molecule has 2 saturated heterocycles. The van der Waals surface area contributed by atoms with Crippen molar-refractivity contribution < 1.29 is 33.3 Å². The van der Waals surface area contributed by atoms with Crippen molar-refractivity contribution in [2.24, 2.45) is 0 Å². The van der Waals surface area contributed by atoms with Crippen LogP contribution in [-0.4, -0.2) is 75.3 Å². The molecule has 0 aromatic heterocycles. The summed E-state index contributed by atoms with van der Waals surface area (Å²) in [6.45, 7) is 7.91. The van der Waals surface area contributed by atoms with E-state index in [1.54, 1.807) is 0 Å². The average molecular weight is 574 g/mol. The van der Waals surface area contributed by atoms with E-state index in [0.29, 0.717) is 4.67 Å². The molecule has 0 aliphatic carbocycles. The number of anilines is 2. The molecule has 0 amide bonds. The summed E-state index contributed by atoms with van der Waals surface area (Å²) >= 11 is 3.17. The molecule has 1 unspecified atom stereocenters. The summed E-state index contributed by atoms with van der Waals surface area (Å²) in [6, 6.07) is 15.8. The average Bonchev–Trinajstić information content (AvgIpc) is 3.27. The van der Waals surface area contributed by atoms with Crippen LogP contribution in [0.5, 0.6) is 0 Å². The van der Waals surface area contributed by atoms with Crippen LogP contribution >= 0.6 is 0 Å². The topological polar surface area (TPSA) is 94.6 Å². The molecular weight excluding hydrogens is 543 g/mol. The number of esters is 3. The summed E-state index contributed by atoms with van der Waals surface area (Å²) in [4.78, 5) is 40.1. The maximum atomic E-state index is 12.4. The Hall–Kier alpha value is -3.20. The number of ether oxygens (including phenoxy) is 4. The van der Waals surface area contributed by atoms with Gasteiger partial charge < -0.3 is 0 Å². The number of hydrogen-bond acceptors (Lipinski definition) is 9. The Bertz CT molecular complexity index is 1200. The first kappa shape index (κ1) is 26.9. The van der Waals surface area contributed by atoms with Crippen molar-refractivity contribution in [1.29, 1.82) is 0 Å². The van der Waals surface area contributed by atoms with E-state index < -0.39 is 41.9 Å². The fourth-order valence-corrected chi connectivity index (χ4v) is 5.65. The quantitative estimate of drug-likeness (QED) is 0.294. The summed E-state index contributed by atoms with van der Waals surface area (Å²) in [6.07, 6.45) is -2.93. The Labute approximate surface area is 224 Å². The van der Waals surface area contributed by atoms with Gasteiger partial charge in [0.1, 0.15) is 0 Å². The van der Waals surface area contributed by atoms with Gasteiger partial charge in [0, 0.05) is 0 Å². The van der Waals surface area contributed by atoms with E-state index in [2.05, 4.69) is 15.6 Å². The van der Waals surface area contributed by atoms with Gasteiger partial charge >= 0.3 is 224 Å². The number of aryl methyl sites for hydroxylation is 2. The third-order valence-corrected chi connectivity index (χ3v) is 7.18. The number of benzene rings is 2. The molecule has 2 aliphatic heterocycles. The van der Waals surface area contributed by atoms with Crippen LogP contribution in [0.25, 0.3) is 0 Å². The zero-order chi connectivity index (χ0) is 26.9. The van der Waals surface area contributed by atoms with Gasteiger partial charge in [0.25, 0.3) is 0 Å². The van der Waals surface area contributed by atoms with Crippen molar-refractivity contribution in [3.63, 3.8) is 0 Å². The maximum absolute atomic E-state index is 12.4. The third-order valence-electron chi connectivity index (χ3n) is 6.33. The van der Waals surface area contributed by atoms with Gasteiger partial charge in [0.05, 0.1) is 0 Å². The van der Waals surface area contributed by atoms with Crippen molar-refractivity contribution >= 4 is 49.5 Å². The molecule has 2 aliphatic rings. The predicted molar refractivity (Wildman–Crippen MR) is 138 cm³/mol. The van der Waals surface area contributed by atoms with Crippen LogP contribution < -0.4 is 9.80 Å². The van der Waals surface area contributed by atoms with E-state index >= 15 is 0 Å². The third kappa shape index (κ3) is 5.42. The van der Waals surface area contributed by atoms with Gasteiger partial charge in [-0.3, -0.25) is 0 Å². The summed E-state index contributed by atoms with van der Waals surface area (Å²) in [5.41, 5.74) is 2.55. The second-order valence-corrected chi connectivity index (χ2v) is 10.0. The molecule has 1 spiro atoms. The van der Waals surface area contributed by atoms with Gasteiger partial charge in [-0.1, -0.05) is 0 Å². The molecular formula is C27H30N2O7Se. The second kappa shape index (κ2) is 10.7. The molecule has 2 aromatic carbocycles. The summed E-state index contributed by atoms with van der Waals surface area (Å²) in [5.74, 6) is -1.63. The van der Waals surface area contributed by atoms with Crippen LogP contribution in [0.3, 0.4) is 0 Å². The van der Waals surface area contributed by atoms with Crippen LogP contribution in [0.15, 0.2) is 48.5 Å². The Morgan fingerprint density at radius 3 is 1.95 bits per heavy atom. The van der Waals surface area contributed by atoms with Crippen molar-refractivity contribution in [1.82, 2.24) is 0 Å². The molecule has 2 heterocycles. The fourth-order valence-electron chi connectivity index (χ4n) is 4.75. The zero-order valence-electron chi connectivity index (χ0n) is 21.4. The predicted octanol–water partition coefficient (Wildman–Crippen LogP) is 2.41. The van der Waals surface area contributed by atoms with Gasteiger partial charge in [-0.05, 0) is 0 Å². The van der Waals surface area contributed by atoms with E-state index in [1.165, 1.54) is 20.8 Å². The SMILES string of the molecule is CC(=O)OC[C@H]1OC2(CN(c3ccc(C)cc3)C(=[Se])N2c2ccc(C)cc2)[C@@H](OC(C)=O)[C@H]1OC(C)=O. The normalized spacial score (nSPS) is 24.9. The molecule has 4 atom stereocenters. The van der Waals surface area contributed by atoms with Gasteiger partial charge in [-0.15, -0.1) is 0 Å². The summed E-state index contributed by atoms with van der Waals surface area (Å²) in [7, 11) is 0. The molecule has 0 N–H and O–H groups in total. The van der Waals surface area contributed by atoms with Crippen LogP contribution in [-0.2, 0) is 33.3 Å². The van der Waals surface area contributed by atoms with Crippen LogP contribution in [0.4, 0.5) is 11.4 Å². The van der Waals surface area contributed by atoms with Crippen molar-refractivity contribution in [3.8, 4) is 0 Å². The molecule has 2 aromatic rings. The van der Waals surface area contributed by atoms with Crippen LogP contribution in [0.2, 0.25) is 0 Å². The number of hydrogen-bond donors (Lipinski definition) is 0. The first-order chi connectivity index (χ1) is 17.5. The molecule has 37 heavy (non-hydrogen) atoms. The minimum atomic E-state index is -1.31. The Kier molecular flexibility index (Phi) is 7.73. The van der Waals surface area contributed by atoms with E-state index in [4.69, 9.17) is 18.9 Å². The number of rotatable bonds is 6. The molecule has 0 bridgehead atoms. The Morgan fingerprint density at radius 2 is 1.43 bits per heavy atom. The van der Waals surface area contributed by atoms with Crippen molar-refractivity contribution in [2.75, 3.05) is 23.0 Å². The van der Waals surface area contributed by atoms with Gasteiger partial charge in [-0.25, -0.2) is 0 Å². The van der Waals surface area contributed by atoms with E-state index in [0.717, 1.165) is 22.5 Å². The van der Waals surface area contributed by atoms with Gasteiger partial charge in [-0.2, -0.15) is 0 Å². The molecule has 4 rings (SSSR count). The van der Waals surface area contributed by atoms with E-state index in [1.807, 2.05) is 72.2 Å². The standard InChI is InChI=1S/C27H30N2O7Se/c1-16-6-10-21(11-7-16)28-15-27(29(26(28)37)22-12-8-17(2)9-13-22)25(35-20(5)32)24(34-19(4)31)23(36-27)14-33-18(3)30/h6-13,23-25H,14-15H2,1-5H3/t23-,24+,25+,27?/m1/s1. The molecule has 10 heteroatoms. The Morgan fingerprint density at radius 1 is 0.892 bits per heavy atom. The van der Waals surface area contributed by atoms with Crippen molar-refractivity contribution in [3.05, 3.63) is 59.7 Å². The first-order valence-electron chi connectivity index (χ1n) is 11.9. The number of nitrogens with zero attached hydrogens (tertiary/aromatic N) is 2. The van der Waals surface area contributed by atoms with Crippen LogP contribution in [0, 0.1) is 13.8 Å². The molecule has 0 radical (unpaired) electrons. The van der Waals surface area contributed by atoms with Gasteiger partial charge in [0.2, 0.25) is 0 Å². The summed E-state index contributed by atoms with van der Waals surface area (Å²) < 4.78 is 24.1. The first-order valence-corrected chi connectivity index (χ1v) is 12.8. The second-order valence-electron chi connectivity index (χ2n) is 9.28. The number of carbonyl (C=O) groups excluding carboxylic acids is 3. The molecule has 0 saturated carbocycles.